The zero-order chi connectivity index (χ0) is 15.6. The van der Waals surface area contributed by atoms with Crippen molar-refractivity contribution in [2.45, 2.75) is 6.18 Å². The molecule has 1 N–H and O–H groups in total. The molecule has 0 spiro atoms. The number of rotatable bonds is 3. The molecule has 1 heterocycles. The average Bonchev–Trinajstić information content (AvgIpc) is 2.86. The molecule has 2 aromatic rings. The first-order valence-corrected chi connectivity index (χ1v) is 5.98. The highest BCUT2D eigenvalue weighted by Gasteiger charge is 2.32. The number of aromatic nitrogens is 2. The van der Waals surface area contributed by atoms with Crippen molar-refractivity contribution in [2.24, 2.45) is 0 Å². The van der Waals surface area contributed by atoms with Crippen LogP contribution in [-0.4, -0.2) is 20.9 Å². The van der Waals surface area contributed by atoms with E-state index in [0.717, 1.165) is 17.0 Å². The van der Waals surface area contributed by atoms with E-state index in [4.69, 9.17) is 16.7 Å². The lowest BCUT2D eigenvalue weighted by atomic mass is 10.1. The van der Waals surface area contributed by atoms with Crippen LogP contribution in [-0.2, 0) is 11.0 Å². The number of benzene rings is 1. The first kappa shape index (κ1) is 15.1. The Labute approximate surface area is 122 Å². The van der Waals surface area contributed by atoms with Crippen molar-refractivity contribution in [2.75, 3.05) is 0 Å². The van der Waals surface area contributed by atoms with E-state index in [9.17, 15) is 18.0 Å². The molecule has 0 unspecified atom stereocenters. The van der Waals surface area contributed by atoms with Gasteiger partial charge in [-0.2, -0.15) is 18.3 Å². The van der Waals surface area contributed by atoms with Crippen molar-refractivity contribution >= 4 is 23.6 Å². The summed E-state index contributed by atoms with van der Waals surface area (Å²) in [7, 11) is 0. The highest BCUT2D eigenvalue weighted by molar-refractivity contribution is 6.30. The van der Waals surface area contributed by atoms with Gasteiger partial charge in [0.15, 0.2) is 0 Å². The van der Waals surface area contributed by atoms with E-state index in [1.165, 1.54) is 24.3 Å². The van der Waals surface area contributed by atoms with Crippen LogP contribution >= 0.6 is 11.6 Å². The molecule has 110 valence electrons. The van der Waals surface area contributed by atoms with Gasteiger partial charge in [0.2, 0.25) is 0 Å². The fourth-order valence-corrected chi connectivity index (χ4v) is 1.78. The number of carboxylic acids is 1. The van der Waals surface area contributed by atoms with E-state index in [2.05, 4.69) is 5.10 Å². The molecule has 0 atom stereocenters. The summed E-state index contributed by atoms with van der Waals surface area (Å²) in [6.07, 6.45) is -0.882. The third kappa shape index (κ3) is 3.63. The van der Waals surface area contributed by atoms with E-state index < -0.39 is 17.7 Å². The van der Waals surface area contributed by atoms with Gasteiger partial charge in [-0.25, -0.2) is 9.48 Å². The lowest BCUT2D eigenvalue weighted by Crippen LogP contribution is -2.03. The molecule has 0 bridgehead atoms. The molecule has 21 heavy (non-hydrogen) atoms. The SMILES string of the molecule is O=C(O)/C=C/c1ccc(Cl)cc1-n1cc(C(F)(F)F)cn1. The number of aliphatic carboxylic acids is 1. The molecular formula is C13H8ClF3N2O2. The number of halogens is 4. The second-order valence-electron chi connectivity index (χ2n) is 4.05. The van der Waals surface area contributed by atoms with Gasteiger partial charge in [-0.05, 0) is 18.2 Å². The zero-order valence-electron chi connectivity index (χ0n) is 10.3. The van der Waals surface area contributed by atoms with Crippen LogP contribution in [0.15, 0.2) is 36.7 Å². The predicted molar refractivity (Wildman–Crippen MR) is 70.2 cm³/mol. The van der Waals surface area contributed by atoms with Crippen molar-refractivity contribution in [1.29, 1.82) is 0 Å². The summed E-state index contributed by atoms with van der Waals surface area (Å²) in [5.74, 6) is -1.17. The Kier molecular flexibility index (Phi) is 4.04. The Morgan fingerprint density at radius 2 is 2.10 bits per heavy atom. The maximum Gasteiger partial charge on any atom is 0.419 e. The quantitative estimate of drug-likeness (QED) is 0.880. The third-order valence-electron chi connectivity index (χ3n) is 2.55. The van der Waals surface area contributed by atoms with Crippen LogP contribution in [0.1, 0.15) is 11.1 Å². The molecule has 0 amide bonds. The summed E-state index contributed by atoms with van der Waals surface area (Å²) in [5.41, 5.74) is -0.287. The first-order chi connectivity index (χ1) is 9.77. The minimum atomic E-state index is -4.51. The molecule has 1 aromatic heterocycles. The average molecular weight is 317 g/mol. The maximum absolute atomic E-state index is 12.6. The number of hydrogen-bond donors (Lipinski definition) is 1. The smallest absolute Gasteiger partial charge is 0.419 e. The van der Waals surface area contributed by atoms with E-state index in [1.807, 2.05) is 0 Å². The van der Waals surface area contributed by atoms with Crippen LogP contribution in [0.5, 0.6) is 0 Å². The van der Waals surface area contributed by atoms with Crippen molar-refractivity contribution < 1.29 is 23.1 Å². The molecule has 2 rings (SSSR count). The monoisotopic (exact) mass is 316 g/mol. The maximum atomic E-state index is 12.6. The fourth-order valence-electron chi connectivity index (χ4n) is 1.62. The van der Waals surface area contributed by atoms with Crippen LogP contribution in [0.4, 0.5) is 13.2 Å². The number of hydrogen-bond acceptors (Lipinski definition) is 2. The fraction of sp³-hybridized carbons (Fsp3) is 0.0769. The van der Waals surface area contributed by atoms with E-state index >= 15 is 0 Å². The van der Waals surface area contributed by atoms with Gasteiger partial charge >= 0.3 is 12.1 Å². The highest BCUT2D eigenvalue weighted by Crippen LogP contribution is 2.30. The van der Waals surface area contributed by atoms with Gasteiger partial charge in [0.05, 0.1) is 17.4 Å². The summed E-state index contributed by atoms with van der Waals surface area (Å²) < 4.78 is 38.7. The number of carboxylic acid groups (broad SMARTS) is 1. The van der Waals surface area contributed by atoms with E-state index in [-0.39, 0.29) is 5.69 Å². The molecule has 0 saturated heterocycles. The summed E-state index contributed by atoms with van der Waals surface area (Å²) in [4.78, 5) is 10.5. The molecule has 4 nitrogen and oxygen atoms in total. The predicted octanol–water partition coefficient (Wildman–Crippen LogP) is 3.64. The molecule has 1 aromatic carbocycles. The van der Waals surface area contributed by atoms with Gasteiger partial charge in [0.25, 0.3) is 0 Å². The van der Waals surface area contributed by atoms with E-state index in [1.54, 1.807) is 0 Å². The van der Waals surface area contributed by atoms with Gasteiger partial charge in [0, 0.05) is 22.9 Å². The van der Waals surface area contributed by atoms with Gasteiger partial charge < -0.3 is 5.11 Å². The second kappa shape index (κ2) is 5.61. The van der Waals surface area contributed by atoms with Crippen LogP contribution in [0.2, 0.25) is 5.02 Å². The second-order valence-corrected chi connectivity index (χ2v) is 4.48. The topological polar surface area (TPSA) is 55.1 Å². The Morgan fingerprint density at radius 3 is 2.67 bits per heavy atom. The molecule has 0 fully saturated rings. The third-order valence-corrected chi connectivity index (χ3v) is 2.79. The Morgan fingerprint density at radius 1 is 1.38 bits per heavy atom. The summed E-state index contributed by atoms with van der Waals surface area (Å²) in [6.45, 7) is 0. The van der Waals surface area contributed by atoms with Crippen LogP contribution in [0.25, 0.3) is 11.8 Å². The zero-order valence-corrected chi connectivity index (χ0v) is 11.1. The molecule has 0 aliphatic heterocycles. The normalized spacial score (nSPS) is 12.0. The molecule has 0 radical (unpaired) electrons. The van der Waals surface area contributed by atoms with Gasteiger partial charge in [-0.3, -0.25) is 0 Å². The lowest BCUT2D eigenvalue weighted by Gasteiger charge is -2.07. The number of carbonyl (C=O) groups is 1. The molecule has 8 heteroatoms. The first-order valence-electron chi connectivity index (χ1n) is 5.60. The summed E-state index contributed by atoms with van der Waals surface area (Å²) >= 11 is 5.82. The Bertz CT molecular complexity index is 708. The van der Waals surface area contributed by atoms with Crippen molar-refractivity contribution in [3.63, 3.8) is 0 Å². The summed E-state index contributed by atoms with van der Waals surface area (Å²) in [6, 6.07) is 4.39. The molecular weight excluding hydrogens is 309 g/mol. The number of alkyl halides is 3. The Balaban J connectivity index is 2.49. The van der Waals surface area contributed by atoms with Gasteiger partial charge in [-0.15, -0.1) is 0 Å². The largest absolute Gasteiger partial charge is 0.478 e. The lowest BCUT2D eigenvalue weighted by molar-refractivity contribution is -0.137. The minimum absolute atomic E-state index is 0.246. The highest BCUT2D eigenvalue weighted by atomic mass is 35.5. The van der Waals surface area contributed by atoms with Crippen molar-refractivity contribution in [1.82, 2.24) is 9.78 Å². The van der Waals surface area contributed by atoms with Crippen LogP contribution < -0.4 is 0 Å². The summed E-state index contributed by atoms with van der Waals surface area (Å²) in [5, 5.41) is 12.5. The van der Waals surface area contributed by atoms with Gasteiger partial charge in [0.1, 0.15) is 0 Å². The Hall–Kier alpha value is -2.28. The van der Waals surface area contributed by atoms with Crippen LogP contribution in [0, 0.1) is 0 Å². The van der Waals surface area contributed by atoms with E-state index in [0.29, 0.717) is 16.8 Å². The van der Waals surface area contributed by atoms with Crippen molar-refractivity contribution in [3.05, 3.63) is 52.8 Å². The standard InChI is InChI=1S/C13H8ClF3N2O2/c14-10-3-1-8(2-4-12(20)21)11(5-10)19-7-9(6-18-19)13(15,16)17/h1-7H,(H,20,21)/b4-2+. The molecule has 0 aliphatic rings. The van der Waals surface area contributed by atoms with Gasteiger partial charge in [-0.1, -0.05) is 17.7 Å². The molecule has 0 saturated carbocycles. The molecule has 0 aliphatic carbocycles. The van der Waals surface area contributed by atoms with Crippen LogP contribution in [0.3, 0.4) is 0 Å². The number of nitrogens with zero attached hydrogens (tertiary/aromatic N) is 2. The minimum Gasteiger partial charge on any atom is -0.478 e. The van der Waals surface area contributed by atoms with Crippen molar-refractivity contribution in [3.8, 4) is 5.69 Å².